The molecule has 1 aliphatic rings. The van der Waals surface area contributed by atoms with Gasteiger partial charge in [0, 0.05) is 43.0 Å². The molecule has 3 rings (SSSR count). The highest BCUT2D eigenvalue weighted by Gasteiger charge is 2.23. The maximum atomic E-state index is 12.7. The number of nitrogens with zero attached hydrogens (tertiary/aromatic N) is 2. The first-order chi connectivity index (χ1) is 13.8. The first-order valence-electron chi connectivity index (χ1n) is 9.83. The fourth-order valence-electron chi connectivity index (χ4n) is 3.36. The van der Waals surface area contributed by atoms with E-state index in [9.17, 15) is 14.4 Å². The molecule has 0 aromatic heterocycles. The van der Waals surface area contributed by atoms with Gasteiger partial charge in [0.1, 0.15) is 0 Å². The van der Waals surface area contributed by atoms with E-state index in [4.69, 9.17) is 0 Å². The summed E-state index contributed by atoms with van der Waals surface area (Å²) in [7, 11) is 0. The number of amides is 2. The van der Waals surface area contributed by atoms with Gasteiger partial charge in [-0.25, -0.2) is 0 Å². The third-order valence-corrected chi connectivity index (χ3v) is 5.36. The van der Waals surface area contributed by atoms with E-state index in [1.165, 1.54) is 12.5 Å². The molecule has 0 aliphatic carbocycles. The van der Waals surface area contributed by atoms with E-state index in [0.29, 0.717) is 43.0 Å². The molecule has 1 N–H and O–H groups in total. The van der Waals surface area contributed by atoms with Crippen LogP contribution in [0, 0.1) is 13.8 Å². The number of aryl methyl sites for hydroxylation is 2. The molecule has 152 valence electrons. The van der Waals surface area contributed by atoms with Crippen molar-refractivity contribution in [2.75, 3.05) is 38.0 Å². The number of Topliss-reactive ketones (excluding diaryl/α,β-unsaturated/α-hetero) is 1. The second-order valence-corrected chi connectivity index (χ2v) is 7.55. The van der Waals surface area contributed by atoms with E-state index in [1.807, 2.05) is 41.8 Å². The van der Waals surface area contributed by atoms with Crippen molar-refractivity contribution in [3.05, 3.63) is 64.7 Å². The van der Waals surface area contributed by atoms with Crippen LogP contribution in [0.4, 0.5) is 5.69 Å². The Morgan fingerprint density at radius 3 is 2.07 bits per heavy atom. The summed E-state index contributed by atoms with van der Waals surface area (Å²) in [6.07, 6.45) is 0. The van der Waals surface area contributed by atoms with E-state index < -0.39 is 0 Å². The van der Waals surface area contributed by atoms with Crippen molar-refractivity contribution in [3.63, 3.8) is 0 Å². The van der Waals surface area contributed by atoms with Crippen molar-refractivity contribution in [1.29, 1.82) is 0 Å². The van der Waals surface area contributed by atoms with E-state index in [0.717, 1.165) is 5.56 Å². The van der Waals surface area contributed by atoms with Crippen LogP contribution in [-0.2, 0) is 4.79 Å². The SMILES string of the molecule is CC(=O)c1ccc(NC(=O)CN2CCN(C(=O)c3ccc(C)c(C)c3)CC2)cc1. The normalized spacial score (nSPS) is 14.5. The van der Waals surface area contributed by atoms with Gasteiger partial charge in [-0.05, 0) is 68.3 Å². The monoisotopic (exact) mass is 393 g/mol. The number of rotatable bonds is 5. The molecule has 6 nitrogen and oxygen atoms in total. The lowest BCUT2D eigenvalue weighted by atomic mass is 10.1. The molecule has 2 aromatic carbocycles. The van der Waals surface area contributed by atoms with Crippen LogP contribution in [0.2, 0.25) is 0 Å². The largest absolute Gasteiger partial charge is 0.336 e. The molecule has 29 heavy (non-hydrogen) atoms. The summed E-state index contributed by atoms with van der Waals surface area (Å²) < 4.78 is 0. The molecule has 1 aliphatic heterocycles. The lowest BCUT2D eigenvalue weighted by Crippen LogP contribution is -2.50. The lowest BCUT2D eigenvalue weighted by Gasteiger charge is -2.34. The van der Waals surface area contributed by atoms with Gasteiger partial charge in [0.25, 0.3) is 5.91 Å². The molecule has 1 fully saturated rings. The standard InChI is InChI=1S/C23H27N3O3/c1-16-4-5-20(14-17(16)2)23(29)26-12-10-25(11-13-26)15-22(28)24-21-8-6-19(7-9-21)18(3)27/h4-9,14H,10-13,15H2,1-3H3,(H,24,28). The van der Waals surface area contributed by atoms with Crippen LogP contribution in [0.25, 0.3) is 0 Å². The van der Waals surface area contributed by atoms with Gasteiger partial charge in [0.2, 0.25) is 5.91 Å². The molecule has 6 heteroatoms. The van der Waals surface area contributed by atoms with Crippen LogP contribution in [0.1, 0.15) is 38.8 Å². The maximum Gasteiger partial charge on any atom is 0.253 e. The Morgan fingerprint density at radius 1 is 0.862 bits per heavy atom. The fourth-order valence-corrected chi connectivity index (χ4v) is 3.36. The van der Waals surface area contributed by atoms with E-state index in [2.05, 4.69) is 5.32 Å². The fraction of sp³-hybridized carbons (Fsp3) is 0.348. The number of carbonyl (C=O) groups excluding carboxylic acids is 3. The lowest BCUT2D eigenvalue weighted by molar-refractivity contribution is -0.117. The Labute approximate surface area is 171 Å². The highest BCUT2D eigenvalue weighted by Crippen LogP contribution is 2.14. The molecule has 0 atom stereocenters. The Hall–Kier alpha value is -2.99. The molecule has 0 bridgehead atoms. The van der Waals surface area contributed by atoms with Gasteiger partial charge in [-0.1, -0.05) is 6.07 Å². The third-order valence-electron chi connectivity index (χ3n) is 5.36. The number of ketones is 1. The Kier molecular flexibility index (Phi) is 6.44. The van der Waals surface area contributed by atoms with Crippen LogP contribution in [-0.4, -0.2) is 60.1 Å². The van der Waals surface area contributed by atoms with E-state index in [1.54, 1.807) is 24.3 Å². The summed E-state index contributed by atoms with van der Waals surface area (Å²) in [4.78, 5) is 40.2. The Balaban J connectivity index is 1.48. The Morgan fingerprint density at radius 2 is 1.48 bits per heavy atom. The molecular formula is C23H27N3O3. The molecule has 0 unspecified atom stereocenters. The first-order valence-corrected chi connectivity index (χ1v) is 9.83. The number of hydrogen-bond donors (Lipinski definition) is 1. The van der Waals surface area contributed by atoms with Crippen molar-refractivity contribution < 1.29 is 14.4 Å². The summed E-state index contributed by atoms with van der Waals surface area (Å²) in [5.41, 5.74) is 4.29. The number of anilines is 1. The van der Waals surface area contributed by atoms with Gasteiger partial charge in [-0.2, -0.15) is 0 Å². The predicted octanol–water partition coefficient (Wildman–Crippen LogP) is 2.90. The molecule has 0 radical (unpaired) electrons. The second-order valence-electron chi connectivity index (χ2n) is 7.55. The topological polar surface area (TPSA) is 69.7 Å². The van der Waals surface area contributed by atoms with E-state index >= 15 is 0 Å². The predicted molar refractivity (Wildman–Crippen MR) is 113 cm³/mol. The van der Waals surface area contributed by atoms with Crippen molar-refractivity contribution in [2.45, 2.75) is 20.8 Å². The van der Waals surface area contributed by atoms with E-state index in [-0.39, 0.29) is 24.1 Å². The summed E-state index contributed by atoms with van der Waals surface area (Å²) in [5.74, 6) is -0.0617. The number of nitrogens with one attached hydrogen (secondary N) is 1. The molecule has 0 spiro atoms. The van der Waals surface area contributed by atoms with Crippen LogP contribution >= 0.6 is 0 Å². The molecule has 2 amide bonds. The zero-order chi connectivity index (χ0) is 21.0. The van der Waals surface area contributed by atoms with Gasteiger partial charge in [0.05, 0.1) is 6.54 Å². The zero-order valence-corrected chi connectivity index (χ0v) is 17.2. The number of carbonyl (C=O) groups is 3. The van der Waals surface area contributed by atoms with Gasteiger partial charge in [-0.3, -0.25) is 19.3 Å². The van der Waals surface area contributed by atoms with Crippen molar-refractivity contribution >= 4 is 23.3 Å². The minimum absolute atomic E-state index is 0.00362. The first kappa shape index (κ1) is 20.7. The summed E-state index contributed by atoms with van der Waals surface area (Å²) in [6, 6.07) is 12.7. The average Bonchev–Trinajstić information content (AvgIpc) is 2.70. The van der Waals surface area contributed by atoms with Crippen LogP contribution in [0.15, 0.2) is 42.5 Å². The maximum absolute atomic E-state index is 12.7. The van der Waals surface area contributed by atoms with Crippen LogP contribution < -0.4 is 5.32 Å². The average molecular weight is 393 g/mol. The summed E-state index contributed by atoms with van der Waals surface area (Å²) >= 11 is 0. The highest BCUT2D eigenvalue weighted by atomic mass is 16.2. The van der Waals surface area contributed by atoms with Crippen LogP contribution in [0.3, 0.4) is 0 Å². The summed E-state index contributed by atoms with van der Waals surface area (Å²) in [5, 5.41) is 2.85. The quantitative estimate of drug-likeness (QED) is 0.793. The minimum Gasteiger partial charge on any atom is -0.336 e. The van der Waals surface area contributed by atoms with Crippen LogP contribution in [0.5, 0.6) is 0 Å². The van der Waals surface area contributed by atoms with Gasteiger partial charge in [0.15, 0.2) is 5.78 Å². The second kappa shape index (κ2) is 9.01. The minimum atomic E-state index is -0.102. The van der Waals surface area contributed by atoms with Crippen molar-refractivity contribution in [2.24, 2.45) is 0 Å². The smallest absolute Gasteiger partial charge is 0.253 e. The molecule has 1 heterocycles. The van der Waals surface area contributed by atoms with Crippen molar-refractivity contribution in [3.8, 4) is 0 Å². The van der Waals surface area contributed by atoms with Gasteiger partial charge >= 0.3 is 0 Å². The van der Waals surface area contributed by atoms with Crippen molar-refractivity contribution in [1.82, 2.24) is 9.80 Å². The van der Waals surface area contributed by atoms with Gasteiger partial charge < -0.3 is 10.2 Å². The summed E-state index contributed by atoms with van der Waals surface area (Å²) in [6.45, 7) is 8.36. The highest BCUT2D eigenvalue weighted by molar-refractivity contribution is 5.96. The molecule has 0 saturated carbocycles. The number of hydrogen-bond acceptors (Lipinski definition) is 4. The number of benzene rings is 2. The molecular weight excluding hydrogens is 366 g/mol. The Bertz CT molecular complexity index is 913. The third kappa shape index (κ3) is 5.29. The zero-order valence-electron chi connectivity index (χ0n) is 17.2. The molecule has 1 saturated heterocycles. The number of piperazine rings is 1. The van der Waals surface area contributed by atoms with Gasteiger partial charge in [-0.15, -0.1) is 0 Å². The molecule has 2 aromatic rings.